The first-order chi connectivity index (χ1) is 8.54. The first kappa shape index (κ1) is 15.0. The largest absolute Gasteiger partial charge is 0.493 e. The second kappa shape index (κ2) is 7.42. The minimum absolute atomic E-state index is 0.401. The predicted molar refractivity (Wildman–Crippen MR) is 78.2 cm³/mol. The van der Waals surface area contributed by atoms with Crippen LogP contribution in [0.15, 0.2) is 18.2 Å². The van der Waals surface area contributed by atoms with Crippen molar-refractivity contribution in [1.82, 2.24) is 5.32 Å². The Balaban J connectivity index is 2.62. The minimum Gasteiger partial charge on any atom is -0.493 e. The first-order valence-electron chi connectivity index (χ1n) is 7.01. The number of ether oxygens (including phenoxy) is 1. The molecule has 18 heavy (non-hydrogen) atoms. The zero-order valence-electron chi connectivity index (χ0n) is 12.4. The van der Waals surface area contributed by atoms with Gasteiger partial charge < -0.3 is 10.1 Å². The molecule has 2 nitrogen and oxygen atoms in total. The topological polar surface area (TPSA) is 21.3 Å². The van der Waals surface area contributed by atoms with Crippen molar-refractivity contribution in [3.8, 4) is 5.75 Å². The lowest BCUT2D eigenvalue weighted by atomic mass is 10.0. The van der Waals surface area contributed by atoms with Gasteiger partial charge in [-0.25, -0.2) is 0 Å². The molecule has 1 aromatic carbocycles. The molecular formula is C16H27NO. The summed E-state index contributed by atoms with van der Waals surface area (Å²) in [4.78, 5) is 0. The van der Waals surface area contributed by atoms with Crippen molar-refractivity contribution >= 4 is 0 Å². The van der Waals surface area contributed by atoms with Gasteiger partial charge >= 0.3 is 0 Å². The van der Waals surface area contributed by atoms with Gasteiger partial charge in [-0.1, -0.05) is 32.9 Å². The Morgan fingerprint density at radius 3 is 2.50 bits per heavy atom. The molecule has 1 rings (SSSR count). The maximum Gasteiger partial charge on any atom is 0.122 e. The van der Waals surface area contributed by atoms with Crippen molar-refractivity contribution in [2.24, 2.45) is 5.92 Å². The van der Waals surface area contributed by atoms with E-state index < -0.39 is 0 Å². The molecule has 0 heterocycles. The van der Waals surface area contributed by atoms with Gasteiger partial charge in [0.05, 0.1) is 6.61 Å². The standard InChI is InChI=1S/C16H27NO/c1-6-17-14(5)15-7-8-16(13(4)11-15)18-10-9-12(2)3/h7-8,11-12,14,17H,6,9-10H2,1-5H3. The summed E-state index contributed by atoms with van der Waals surface area (Å²) in [5.74, 6) is 1.71. The summed E-state index contributed by atoms with van der Waals surface area (Å²) < 4.78 is 5.82. The molecule has 0 saturated heterocycles. The molecule has 0 spiro atoms. The van der Waals surface area contributed by atoms with Crippen molar-refractivity contribution in [1.29, 1.82) is 0 Å². The van der Waals surface area contributed by atoms with Crippen LogP contribution >= 0.6 is 0 Å². The minimum atomic E-state index is 0.401. The highest BCUT2D eigenvalue weighted by Crippen LogP contribution is 2.23. The summed E-state index contributed by atoms with van der Waals surface area (Å²) in [6.07, 6.45) is 1.11. The van der Waals surface area contributed by atoms with Crippen LogP contribution in [0, 0.1) is 12.8 Å². The van der Waals surface area contributed by atoms with Gasteiger partial charge in [-0.3, -0.25) is 0 Å². The van der Waals surface area contributed by atoms with Gasteiger partial charge in [0.15, 0.2) is 0 Å². The summed E-state index contributed by atoms with van der Waals surface area (Å²) in [7, 11) is 0. The molecule has 0 aromatic heterocycles. The Labute approximate surface area is 112 Å². The van der Waals surface area contributed by atoms with Crippen LogP contribution in [0.5, 0.6) is 5.75 Å². The van der Waals surface area contributed by atoms with Gasteiger partial charge in [0.25, 0.3) is 0 Å². The number of benzene rings is 1. The third kappa shape index (κ3) is 4.69. The van der Waals surface area contributed by atoms with Crippen LogP contribution in [-0.4, -0.2) is 13.2 Å². The van der Waals surface area contributed by atoms with Crippen LogP contribution in [0.1, 0.15) is 51.3 Å². The Morgan fingerprint density at radius 2 is 1.94 bits per heavy atom. The number of hydrogen-bond donors (Lipinski definition) is 1. The van der Waals surface area contributed by atoms with Crippen molar-refractivity contribution in [3.63, 3.8) is 0 Å². The van der Waals surface area contributed by atoms with Gasteiger partial charge in [0, 0.05) is 6.04 Å². The summed E-state index contributed by atoms with van der Waals surface area (Å²) in [6.45, 7) is 12.7. The van der Waals surface area contributed by atoms with E-state index >= 15 is 0 Å². The van der Waals surface area contributed by atoms with E-state index in [0.717, 1.165) is 25.3 Å². The number of aryl methyl sites for hydroxylation is 1. The molecule has 1 atom stereocenters. The van der Waals surface area contributed by atoms with Gasteiger partial charge in [-0.15, -0.1) is 0 Å². The van der Waals surface area contributed by atoms with Gasteiger partial charge in [-0.2, -0.15) is 0 Å². The maximum atomic E-state index is 5.82. The molecule has 102 valence electrons. The zero-order chi connectivity index (χ0) is 13.5. The monoisotopic (exact) mass is 249 g/mol. The fourth-order valence-electron chi connectivity index (χ4n) is 1.93. The molecule has 0 radical (unpaired) electrons. The highest BCUT2D eigenvalue weighted by molar-refractivity contribution is 5.37. The van der Waals surface area contributed by atoms with E-state index in [1.165, 1.54) is 11.1 Å². The van der Waals surface area contributed by atoms with Crippen LogP contribution in [-0.2, 0) is 0 Å². The molecule has 0 fully saturated rings. The number of rotatable bonds is 7. The molecule has 0 aliphatic carbocycles. The van der Waals surface area contributed by atoms with Crippen LogP contribution in [0.4, 0.5) is 0 Å². The average Bonchev–Trinajstić information content (AvgIpc) is 2.31. The normalized spacial score (nSPS) is 12.8. The molecule has 1 unspecified atom stereocenters. The summed E-state index contributed by atoms with van der Waals surface area (Å²) in [5.41, 5.74) is 2.55. The maximum absolute atomic E-state index is 5.82. The first-order valence-corrected chi connectivity index (χ1v) is 7.01. The summed E-state index contributed by atoms with van der Waals surface area (Å²) >= 11 is 0. The lowest BCUT2D eigenvalue weighted by molar-refractivity contribution is 0.287. The highest BCUT2D eigenvalue weighted by atomic mass is 16.5. The van der Waals surface area contributed by atoms with Gasteiger partial charge in [0.1, 0.15) is 5.75 Å². The smallest absolute Gasteiger partial charge is 0.122 e. The fraction of sp³-hybridized carbons (Fsp3) is 0.625. The van der Waals surface area contributed by atoms with Crippen LogP contribution in [0.3, 0.4) is 0 Å². The third-order valence-electron chi connectivity index (χ3n) is 3.16. The Kier molecular flexibility index (Phi) is 6.20. The van der Waals surface area contributed by atoms with Crippen LogP contribution in [0.25, 0.3) is 0 Å². The van der Waals surface area contributed by atoms with E-state index in [0.29, 0.717) is 12.0 Å². The molecule has 1 N–H and O–H groups in total. The molecule has 0 bridgehead atoms. The average molecular weight is 249 g/mol. The fourth-order valence-corrected chi connectivity index (χ4v) is 1.93. The van der Waals surface area contributed by atoms with E-state index in [4.69, 9.17) is 4.74 Å². The molecule has 2 heteroatoms. The second-order valence-electron chi connectivity index (χ2n) is 5.34. The SMILES string of the molecule is CCNC(C)c1ccc(OCCC(C)C)c(C)c1. The van der Waals surface area contributed by atoms with E-state index in [2.05, 4.69) is 58.1 Å². The molecular weight excluding hydrogens is 222 g/mol. The molecule has 0 saturated carbocycles. The lowest BCUT2D eigenvalue weighted by Gasteiger charge is -2.16. The summed E-state index contributed by atoms with van der Waals surface area (Å²) in [6, 6.07) is 6.88. The highest BCUT2D eigenvalue weighted by Gasteiger charge is 2.07. The van der Waals surface area contributed by atoms with Gasteiger partial charge in [0.2, 0.25) is 0 Å². The number of nitrogens with one attached hydrogen (secondary N) is 1. The molecule has 0 aliphatic rings. The Hall–Kier alpha value is -1.02. The number of hydrogen-bond acceptors (Lipinski definition) is 2. The molecule has 0 amide bonds. The molecule has 0 aliphatic heterocycles. The van der Waals surface area contributed by atoms with Crippen molar-refractivity contribution in [3.05, 3.63) is 29.3 Å². The Morgan fingerprint density at radius 1 is 1.22 bits per heavy atom. The van der Waals surface area contributed by atoms with Crippen molar-refractivity contribution in [2.75, 3.05) is 13.2 Å². The van der Waals surface area contributed by atoms with Crippen molar-refractivity contribution < 1.29 is 4.74 Å². The Bertz CT molecular complexity index is 360. The van der Waals surface area contributed by atoms with Crippen LogP contribution < -0.4 is 10.1 Å². The van der Waals surface area contributed by atoms with E-state index in [1.54, 1.807) is 0 Å². The van der Waals surface area contributed by atoms with E-state index in [-0.39, 0.29) is 0 Å². The lowest BCUT2D eigenvalue weighted by Crippen LogP contribution is -2.17. The zero-order valence-corrected chi connectivity index (χ0v) is 12.4. The van der Waals surface area contributed by atoms with Gasteiger partial charge in [-0.05, 0) is 49.9 Å². The van der Waals surface area contributed by atoms with E-state index in [1.807, 2.05) is 0 Å². The quantitative estimate of drug-likeness (QED) is 0.786. The molecule has 1 aromatic rings. The third-order valence-corrected chi connectivity index (χ3v) is 3.16. The van der Waals surface area contributed by atoms with E-state index in [9.17, 15) is 0 Å². The second-order valence-corrected chi connectivity index (χ2v) is 5.34. The summed E-state index contributed by atoms with van der Waals surface area (Å²) in [5, 5.41) is 3.43. The van der Waals surface area contributed by atoms with Crippen LogP contribution in [0.2, 0.25) is 0 Å². The van der Waals surface area contributed by atoms with Crippen molar-refractivity contribution in [2.45, 2.75) is 47.1 Å². The predicted octanol–water partition coefficient (Wildman–Crippen LogP) is 4.09.